The van der Waals surface area contributed by atoms with Gasteiger partial charge in [-0.1, -0.05) is 0 Å². The first-order chi connectivity index (χ1) is 10.4. The Morgan fingerprint density at radius 1 is 1.36 bits per heavy atom. The molecule has 0 aliphatic heterocycles. The maximum Gasteiger partial charge on any atom is 0.318 e. The smallest absolute Gasteiger partial charge is 0.318 e. The van der Waals surface area contributed by atoms with E-state index in [9.17, 15) is 18.4 Å². The normalized spacial score (nSPS) is 12.0. The highest BCUT2D eigenvalue weighted by Crippen LogP contribution is 2.20. The van der Waals surface area contributed by atoms with Crippen molar-refractivity contribution < 1.29 is 28.2 Å². The quantitative estimate of drug-likeness (QED) is 0.164. The summed E-state index contributed by atoms with van der Waals surface area (Å²) in [7, 11) is 0. The van der Waals surface area contributed by atoms with Crippen LogP contribution in [0.4, 0.5) is 8.78 Å². The lowest BCUT2D eigenvalue weighted by Crippen LogP contribution is -2.37. The average Bonchev–Trinajstić information content (AvgIpc) is 2.47. The number of carbonyl (C=O) groups excluding carboxylic acids is 2. The highest BCUT2D eigenvalue weighted by molar-refractivity contribution is 14.1. The second-order valence-corrected chi connectivity index (χ2v) is 5.50. The number of ketones is 1. The lowest BCUT2D eigenvalue weighted by atomic mass is 9.97. The van der Waals surface area contributed by atoms with E-state index >= 15 is 0 Å². The van der Waals surface area contributed by atoms with Crippen LogP contribution < -0.4 is 5.32 Å². The fourth-order valence-corrected chi connectivity index (χ4v) is 2.22. The molecule has 5 nitrogen and oxygen atoms in total. The van der Waals surface area contributed by atoms with Crippen molar-refractivity contribution in [3.63, 3.8) is 0 Å². The molecule has 8 heteroatoms. The average molecular weight is 427 g/mol. The Bertz CT molecular complexity index is 554. The molecule has 0 aliphatic carbocycles. The van der Waals surface area contributed by atoms with Gasteiger partial charge in [-0.05, 0) is 35.6 Å². The molecule has 2 N–H and O–H groups in total. The van der Waals surface area contributed by atoms with Crippen molar-refractivity contribution in [3.8, 4) is 0 Å². The minimum Gasteiger partial charge on any atom is -0.465 e. The van der Waals surface area contributed by atoms with Crippen molar-refractivity contribution in [2.75, 3.05) is 26.3 Å². The van der Waals surface area contributed by atoms with Crippen LogP contribution in [-0.2, 0) is 9.53 Å². The first-order valence-corrected chi connectivity index (χ1v) is 7.67. The molecule has 0 saturated heterocycles. The monoisotopic (exact) mass is 427 g/mol. The Labute approximate surface area is 140 Å². The minimum atomic E-state index is -1.26. The molecule has 0 radical (unpaired) electrons. The molecule has 1 unspecified atom stereocenters. The molecule has 0 amide bonds. The van der Waals surface area contributed by atoms with Crippen LogP contribution in [-0.4, -0.2) is 43.2 Å². The molecule has 1 aromatic rings. The maximum absolute atomic E-state index is 13.8. The van der Waals surface area contributed by atoms with E-state index in [2.05, 4.69) is 5.32 Å². The second kappa shape index (κ2) is 9.11. The number of nitrogens with one attached hydrogen (secondary N) is 1. The van der Waals surface area contributed by atoms with E-state index in [1.807, 2.05) is 0 Å². The van der Waals surface area contributed by atoms with Crippen LogP contribution in [0.25, 0.3) is 0 Å². The summed E-state index contributed by atoms with van der Waals surface area (Å²) in [5.74, 6) is -4.65. The van der Waals surface area contributed by atoms with Gasteiger partial charge in [-0.3, -0.25) is 9.59 Å². The molecule has 1 rings (SSSR count). The number of aliphatic hydroxyl groups excluding tert-OH is 1. The number of benzene rings is 1. The number of aliphatic hydroxyl groups is 1. The zero-order valence-corrected chi connectivity index (χ0v) is 14.0. The van der Waals surface area contributed by atoms with Crippen LogP contribution >= 0.6 is 22.6 Å². The molecule has 0 spiro atoms. The highest BCUT2D eigenvalue weighted by Gasteiger charge is 2.31. The Balaban J connectivity index is 3.04. The zero-order chi connectivity index (χ0) is 16.7. The zero-order valence-electron chi connectivity index (χ0n) is 11.9. The summed E-state index contributed by atoms with van der Waals surface area (Å²) in [6.07, 6.45) is 0. The van der Waals surface area contributed by atoms with Crippen molar-refractivity contribution in [1.82, 2.24) is 5.32 Å². The number of Topliss-reactive ketones (excluding diaryl/α,β-unsaturated/α-hetero) is 1. The molecule has 0 aliphatic rings. The number of ether oxygens (including phenoxy) is 1. The molecule has 122 valence electrons. The largest absolute Gasteiger partial charge is 0.465 e. The molecule has 22 heavy (non-hydrogen) atoms. The predicted molar refractivity (Wildman–Crippen MR) is 83.5 cm³/mol. The third-order valence-electron chi connectivity index (χ3n) is 2.80. The van der Waals surface area contributed by atoms with Crippen molar-refractivity contribution in [3.05, 3.63) is 32.9 Å². The molecular weight excluding hydrogens is 411 g/mol. The van der Waals surface area contributed by atoms with E-state index in [1.54, 1.807) is 29.5 Å². The number of rotatable bonds is 8. The third kappa shape index (κ3) is 4.96. The topological polar surface area (TPSA) is 75.6 Å². The third-order valence-corrected chi connectivity index (χ3v) is 3.63. The molecule has 1 atom stereocenters. The van der Waals surface area contributed by atoms with Gasteiger partial charge in [0.25, 0.3) is 0 Å². The Morgan fingerprint density at radius 3 is 2.64 bits per heavy atom. The van der Waals surface area contributed by atoms with E-state index in [-0.39, 0.29) is 35.4 Å². The lowest BCUT2D eigenvalue weighted by Gasteiger charge is -2.16. The summed E-state index contributed by atoms with van der Waals surface area (Å²) in [6, 6.07) is 1.67. The lowest BCUT2D eigenvalue weighted by molar-refractivity contribution is -0.146. The van der Waals surface area contributed by atoms with Crippen LogP contribution in [0.1, 0.15) is 17.3 Å². The summed E-state index contributed by atoms with van der Waals surface area (Å²) in [5.41, 5.74) is -0.366. The van der Waals surface area contributed by atoms with E-state index in [4.69, 9.17) is 9.84 Å². The van der Waals surface area contributed by atoms with Gasteiger partial charge in [-0.2, -0.15) is 0 Å². The van der Waals surface area contributed by atoms with E-state index < -0.39 is 29.3 Å². The molecular formula is C14H16F2INO4. The van der Waals surface area contributed by atoms with Crippen LogP contribution in [0.5, 0.6) is 0 Å². The van der Waals surface area contributed by atoms with Gasteiger partial charge in [0, 0.05) is 22.7 Å². The molecule has 0 aromatic heterocycles. The van der Waals surface area contributed by atoms with Crippen molar-refractivity contribution in [1.29, 1.82) is 0 Å². The van der Waals surface area contributed by atoms with E-state index in [0.717, 1.165) is 6.07 Å². The van der Waals surface area contributed by atoms with Crippen molar-refractivity contribution in [2.24, 2.45) is 5.92 Å². The van der Waals surface area contributed by atoms with E-state index in [0.29, 0.717) is 6.07 Å². The molecule has 1 aromatic carbocycles. The molecule has 0 bridgehead atoms. The van der Waals surface area contributed by atoms with Gasteiger partial charge in [0.05, 0.1) is 18.8 Å². The van der Waals surface area contributed by atoms with Gasteiger partial charge in [0.15, 0.2) is 5.78 Å². The van der Waals surface area contributed by atoms with Crippen LogP contribution in [0.3, 0.4) is 0 Å². The van der Waals surface area contributed by atoms with Gasteiger partial charge in [0.1, 0.15) is 17.6 Å². The molecule has 0 saturated carbocycles. The van der Waals surface area contributed by atoms with Crippen molar-refractivity contribution >= 4 is 34.3 Å². The van der Waals surface area contributed by atoms with Gasteiger partial charge < -0.3 is 15.2 Å². The van der Waals surface area contributed by atoms with Crippen LogP contribution in [0.2, 0.25) is 0 Å². The fourth-order valence-electron chi connectivity index (χ4n) is 1.75. The van der Waals surface area contributed by atoms with Crippen molar-refractivity contribution in [2.45, 2.75) is 6.92 Å². The Morgan fingerprint density at radius 2 is 2.05 bits per heavy atom. The number of hydrogen-bond acceptors (Lipinski definition) is 5. The number of halogens is 3. The van der Waals surface area contributed by atoms with Gasteiger partial charge in [0.2, 0.25) is 0 Å². The predicted octanol–water partition coefficient (Wildman–Crippen LogP) is 1.51. The summed E-state index contributed by atoms with van der Waals surface area (Å²) in [6.45, 7) is 1.55. The minimum absolute atomic E-state index is 0.0754. The van der Waals surface area contributed by atoms with Gasteiger partial charge in [-0.25, -0.2) is 8.78 Å². The number of esters is 1. The first kappa shape index (κ1) is 18.9. The van der Waals surface area contributed by atoms with Crippen LogP contribution in [0.15, 0.2) is 12.1 Å². The Hall–Kier alpha value is -1.13. The van der Waals surface area contributed by atoms with Gasteiger partial charge in [-0.15, -0.1) is 0 Å². The molecule has 0 fully saturated rings. The highest BCUT2D eigenvalue weighted by atomic mass is 127. The Kier molecular flexibility index (Phi) is 7.83. The standard InChI is InChI=1S/C14H16F2INO4/c1-2-22-14(21)9(7-18-3-4-19)13(20)8-5-12(17)11(16)6-10(8)15/h5-6,9,18-19H,2-4,7H2,1H3. The number of carbonyl (C=O) groups is 2. The van der Waals surface area contributed by atoms with Gasteiger partial charge >= 0.3 is 5.97 Å². The summed E-state index contributed by atoms with van der Waals surface area (Å²) < 4.78 is 32.0. The molecule has 0 heterocycles. The summed E-state index contributed by atoms with van der Waals surface area (Å²) in [5, 5.41) is 11.4. The summed E-state index contributed by atoms with van der Waals surface area (Å²) in [4.78, 5) is 24.2. The van der Waals surface area contributed by atoms with E-state index in [1.165, 1.54) is 0 Å². The maximum atomic E-state index is 13.8. The first-order valence-electron chi connectivity index (χ1n) is 6.59. The fraction of sp³-hybridized carbons (Fsp3) is 0.429. The second-order valence-electron chi connectivity index (χ2n) is 4.34. The van der Waals surface area contributed by atoms with Crippen LogP contribution in [0, 0.1) is 21.1 Å². The number of hydrogen-bond donors (Lipinski definition) is 2. The SMILES string of the molecule is CCOC(=O)C(CNCCO)C(=O)c1cc(I)c(F)cc1F. The summed E-state index contributed by atoms with van der Waals surface area (Å²) >= 11 is 1.63.